The highest BCUT2D eigenvalue weighted by Gasteiger charge is 2.06. The van der Waals surface area contributed by atoms with Gasteiger partial charge in [0.2, 0.25) is 0 Å². The van der Waals surface area contributed by atoms with Gasteiger partial charge in [-0.3, -0.25) is 0 Å². The van der Waals surface area contributed by atoms with E-state index < -0.39 is 5.97 Å². The fraction of sp³-hybridized carbons (Fsp3) is 0.0714. The van der Waals surface area contributed by atoms with Crippen molar-refractivity contribution in [1.82, 2.24) is 0 Å². The molecule has 0 aliphatic carbocycles. The molecule has 0 spiro atoms. The van der Waals surface area contributed by atoms with Crippen LogP contribution in [-0.4, -0.2) is 18.2 Å². The molecule has 2 aromatic carbocycles. The van der Waals surface area contributed by atoms with Crippen molar-refractivity contribution in [3.05, 3.63) is 54.1 Å². The van der Waals surface area contributed by atoms with Crippen molar-refractivity contribution >= 4 is 5.97 Å². The van der Waals surface area contributed by atoms with Crippen LogP contribution in [0.5, 0.6) is 17.2 Å². The summed E-state index contributed by atoms with van der Waals surface area (Å²) in [7, 11) is 1.33. The van der Waals surface area contributed by atoms with Gasteiger partial charge in [-0.1, -0.05) is 6.07 Å². The summed E-state index contributed by atoms with van der Waals surface area (Å²) >= 11 is 0. The Kier molecular flexibility index (Phi) is 3.48. The van der Waals surface area contributed by atoms with Crippen LogP contribution in [0.2, 0.25) is 0 Å². The van der Waals surface area contributed by atoms with E-state index in [-0.39, 0.29) is 5.75 Å². The van der Waals surface area contributed by atoms with Crippen LogP contribution < -0.4 is 4.74 Å². The van der Waals surface area contributed by atoms with Gasteiger partial charge in [-0.25, -0.2) is 4.79 Å². The van der Waals surface area contributed by atoms with Crippen molar-refractivity contribution in [2.45, 2.75) is 0 Å². The van der Waals surface area contributed by atoms with Gasteiger partial charge in [0, 0.05) is 0 Å². The Hall–Kier alpha value is -2.49. The smallest absolute Gasteiger partial charge is 0.337 e. The first-order chi connectivity index (χ1) is 8.69. The maximum atomic E-state index is 11.4. The van der Waals surface area contributed by atoms with Gasteiger partial charge in [-0.15, -0.1) is 0 Å². The molecule has 4 heteroatoms. The number of hydrogen-bond acceptors (Lipinski definition) is 4. The fourth-order valence-corrected chi connectivity index (χ4v) is 1.45. The minimum atomic E-state index is -0.411. The van der Waals surface area contributed by atoms with Crippen molar-refractivity contribution in [3.8, 4) is 17.2 Å². The number of carbonyl (C=O) groups excluding carboxylic acids is 1. The lowest BCUT2D eigenvalue weighted by molar-refractivity contribution is 0.0600. The number of aromatic hydroxyl groups is 1. The molecule has 2 aromatic rings. The van der Waals surface area contributed by atoms with Crippen molar-refractivity contribution < 1.29 is 19.4 Å². The van der Waals surface area contributed by atoms with Gasteiger partial charge in [0.15, 0.2) is 0 Å². The molecule has 0 heterocycles. The predicted octanol–water partition coefficient (Wildman–Crippen LogP) is 2.97. The number of phenols is 1. The molecule has 0 bridgehead atoms. The average Bonchev–Trinajstić information content (AvgIpc) is 2.41. The Labute approximate surface area is 104 Å². The van der Waals surface area contributed by atoms with Gasteiger partial charge in [0.1, 0.15) is 17.2 Å². The van der Waals surface area contributed by atoms with Crippen LogP contribution in [0.1, 0.15) is 10.4 Å². The van der Waals surface area contributed by atoms with Crippen LogP contribution in [0, 0.1) is 0 Å². The minimum Gasteiger partial charge on any atom is -0.508 e. The summed E-state index contributed by atoms with van der Waals surface area (Å²) in [5.41, 5.74) is 0.425. The van der Waals surface area contributed by atoms with Crippen LogP contribution in [0.4, 0.5) is 0 Å². The first-order valence-corrected chi connectivity index (χ1v) is 5.34. The van der Waals surface area contributed by atoms with Crippen LogP contribution >= 0.6 is 0 Å². The van der Waals surface area contributed by atoms with Crippen LogP contribution in [0.3, 0.4) is 0 Å². The number of ether oxygens (including phenoxy) is 2. The summed E-state index contributed by atoms with van der Waals surface area (Å²) in [6.45, 7) is 0. The zero-order chi connectivity index (χ0) is 13.0. The molecule has 92 valence electrons. The number of phenolic OH excluding ortho intramolecular Hbond substituents is 1. The quantitative estimate of drug-likeness (QED) is 0.843. The molecule has 4 nitrogen and oxygen atoms in total. The van der Waals surface area contributed by atoms with E-state index in [1.165, 1.54) is 19.2 Å². The maximum Gasteiger partial charge on any atom is 0.337 e. The molecule has 18 heavy (non-hydrogen) atoms. The largest absolute Gasteiger partial charge is 0.508 e. The Bertz CT molecular complexity index is 546. The standard InChI is InChI=1S/C14H12O4/c1-17-14(16)10-3-2-4-13(9-10)18-12-7-5-11(15)6-8-12/h2-9,15H,1H3. The number of esters is 1. The lowest BCUT2D eigenvalue weighted by Gasteiger charge is -2.07. The number of hydrogen-bond donors (Lipinski definition) is 1. The lowest BCUT2D eigenvalue weighted by atomic mass is 10.2. The normalized spacial score (nSPS) is 9.83. The van der Waals surface area contributed by atoms with Crippen molar-refractivity contribution in [1.29, 1.82) is 0 Å². The van der Waals surface area contributed by atoms with Gasteiger partial charge in [0.05, 0.1) is 12.7 Å². The molecule has 0 aromatic heterocycles. The Morgan fingerprint density at radius 2 is 1.78 bits per heavy atom. The summed E-state index contributed by atoms with van der Waals surface area (Å²) in [5.74, 6) is 0.871. The second-order valence-electron chi connectivity index (χ2n) is 3.62. The third kappa shape index (κ3) is 2.79. The summed E-state index contributed by atoms with van der Waals surface area (Å²) in [4.78, 5) is 11.4. The molecule has 0 aliphatic heterocycles. The number of methoxy groups -OCH3 is 1. The van der Waals surface area contributed by atoms with Crippen molar-refractivity contribution in [2.75, 3.05) is 7.11 Å². The molecule has 2 rings (SSSR count). The summed E-state index contributed by atoms with van der Waals surface area (Å²) in [5, 5.41) is 9.15. The first-order valence-electron chi connectivity index (χ1n) is 5.34. The van der Waals surface area contributed by atoms with Gasteiger partial charge in [0.25, 0.3) is 0 Å². The van der Waals surface area contributed by atoms with Crippen LogP contribution in [0.15, 0.2) is 48.5 Å². The maximum absolute atomic E-state index is 11.4. The second kappa shape index (κ2) is 5.23. The molecule has 0 saturated heterocycles. The number of carbonyl (C=O) groups is 1. The molecular formula is C14H12O4. The third-order valence-electron chi connectivity index (χ3n) is 2.33. The zero-order valence-corrected chi connectivity index (χ0v) is 9.79. The molecule has 0 saturated carbocycles. The molecule has 0 radical (unpaired) electrons. The zero-order valence-electron chi connectivity index (χ0n) is 9.79. The SMILES string of the molecule is COC(=O)c1cccc(Oc2ccc(O)cc2)c1. The molecule has 0 atom stereocenters. The summed E-state index contributed by atoms with van der Waals surface area (Å²) < 4.78 is 10.2. The van der Waals surface area contributed by atoms with Gasteiger partial charge < -0.3 is 14.6 Å². The fourth-order valence-electron chi connectivity index (χ4n) is 1.45. The molecular weight excluding hydrogens is 232 g/mol. The van der Waals surface area contributed by atoms with Gasteiger partial charge >= 0.3 is 5.97 Å². The van der Waals surface area contributed by atoms with E-state index in [0.717, 1.165) is 0 Å². The van der Waals surface area contributed by atoms with Crippen LogP contribution in [-0.2, 0) is 4.74 Å². The molecule has 0 unspecified atom stereocenters. The van der Waals surface area contributed by atoms with Crippen molar-refractivity contribution in [3.63, 3.8) is 0 Å². The number of benzene rings is 2. The highest BCUT2D eigenvalue weighted by atomic mass is 16.5. The summed E-state index contributed by atoms with van der Waals surface area (Å²) in [6, 6.07) is 13.0. The lowest BCUT2D eigenvalue weighted by Crippen LogP contribution is -2.00. The molecule has 1 N–H and O–H groups in total. The Balaban J connectivity index is 2.19. The van der Waals surface area contributed by atoms with E-state index >= 15 is 0 Å². The van der Waals surface area contributed by atoms with E-state index in [2.05, 4.69) is 4.74 Å². The van der Waals surface area contributed by atoms with E-state index in [9.17, 15) is 4.79 Å². The van der Waals surface area contributed by atoms with E-state index in [1.807, 2.05) is 0 Å². The topological polar surface area (TPSA) is 55.8 Å². The monoisotopic (exact) mass is 244 g/mol. The highest BCUT2D eigenvalue weighted by molar-refractivity contribution is 5.89. The van der Waals surface area contributed by atoms with E-state index in [4.69, 9.17) is 9.84 Å². The highest BCUT2D eigenvalue weighted by Crippen LogP contribution is 2.24. The Morgan fingerprint density at radius 3 is 2.44 bits per heavy atom. The molecule has 0 aliphatic rings. The average molecular weight is 244 g/mol. The van der Waals surface area contributed by atoms with E-state index in [1.54, 1.807) is 36.4 Å². The molecule has 0 amide bonds. The van der Waals surface area contributed by atoms with E-state index in [0.29, 0.717) is 17.1 Å². The Morgan fingerprint density at radius 1 is 1.06 bits per heavy atom. The second-order valence-corrected chi connectivity index (χ2v) is 3.62. The van der Waals surface area contributed by atoms with Gasteiger partial charge in [-0.05, 0) is 42.5 Å². The van der Waals surface area contributed by atoms with Crippen molar-refractivity contribution in [2.24, 2.45) is 0 Å². The first kappa shape index (κ1) is 12.0. The predicted molar refractivity (Wildman–Crippen MR) is 66.0 cm³/mol. The van der Waals surface area contributed by atoms with Gasteiger partial charge in [-0.2, -0.15) is 0 Å². The summed E-state index contributed by atoms with van der Waals surface area (Å²) in [6.07, 6.45) is 0. The minimum absolute atomic E-state index is 0.172. The van der Waals surface area contributed by atoms with Crippen LogP contribution in [0.25, 0.3) is 0 Å². The third-order valence-corrected chi connectivity index (χ3v) is 2.33. The number of rotatable bonds is 3. The molecule has 0 fully saturated rings.